The number of imidazole rings is 1. The first-order valence-electron chi connectivity index (χ1n) is 13.0. The highest BCUT2D eigenvalue weighted by Crippen LogP contribution is 2.33. The summed E-state index contributed by atoms with van der Waals surface area (Å²) in [5.41, 5.74) is 2.00. The number of ether oxygens (including phenoxy) is 4. The number of aliphatic carboxylic acids is 1. The number of carboxylic acid groups (broad SMARTS) is 1. The molecule has 16 heteroatoms. The number of aromatic amines is 1. The predicted molar refractivity (Wildman–Crippen MR) is 149 cm³/mol. The van der Waals surface area contributed by atoms with Gasteiger partial charge in [0.25, 0.3) is 0 Å². The molecule has 2 heterocycles. The highest BCUT2D eigenvalue weighted by atomic mass is 16.7. The summed E-state index contributed by atoms with van der Waals surface area (Å²) in [6.45, 7) is -0.116. The van der Waals surface area contributed by atoms with Gasteiger partial charge in [0.2, 0.25) is 6.29 Å². The van der Waals surface area contributed by atoms with Gasteiger partial charge in [-0.25, -0.2) is 14.6 Å². The number of nitro benzene ring substituents is 1. The summed E-state index contributed by atoms with van der Waals surface area (Å²) in [4.78, 5) is 42.0. The monoisotopic (exact) mass is 610 g/mol. The highest BCUT2D eigenvalue weighted by molar-refractivity contribution is 5.91. The zero-order valence-electron chi connectivity index (χ0n) is 22.6. The second-order valence-electron chi connectivity index (χ2n) is 9.66. The molecule has 16 nitrogen and oxygen atoms in total. The Morgan fingerprint density at radius 2 is 1.75 bits per heavy atom. The van der Waals surface area contributed by atoms with Crippen molar-refractivity contribution in [2.24, 2.45) is 0 Å². The third-order valence-electron chi connectivity index (χ3n) is 6.62. The lowest BCUT2D eigenvalue weighted by Gasteiger charge is -2.38. The van der Waals surface area contributed by atoms with Crippen molar-refractivity contribution in [3.8, 4) is 11.5 Å². The van der Waals surface area contributed by atoms with Gasteiger partial charge in [-0.3, -0.25) is 15.4 Å². The fourth-order valence-electron chi connectivity index (χ4n) is 4.41. The maximum atomic E-state index is 12.6. The van der Waals surface area contributed by atoms with Crippen LogP contribution in [0.3, 0.4) is 0 Å². The molecule has 0 radical (unpaired) electrons. The number of hydrogen-bond donors (Lipinski definition) is 6. The van der Waals surface area contributed by atoms with Gasteiger partial charge in [0.1, 0.15) is 42.8 Å². The number of amides is 1. The van der Waals surface area contributed by atoms with E-state index in [-0.39, 0.29) is 18.8 Å². The molecule has 5 rings (SSSR count). The fraction of sp³-hybridized carbons (Fsp3) is 0.250. The lowest BCUT2D eigenvalue weighted by molar-refractivity contribution is -0.387. The molecule has 6 N–H and O–H groups in total. The summed E-state index contributed by atoms with van der Waals surface area (Å²) in [6.07, 6.45) is -9.03. The third-order valence-corrected chi connectivity index (χ3v) is 6.62. The summed E-state index contributed by atoms with van der Waals surface area (Å²) in [7, 11) is 0. The van der Waals surface area contributed by atoms with Crippen LogP contribution < -0.4 is 14.8 Å². The molecule has 1 saturated heterocycles. The van der Waals surface area contributed by atoms with Crippen LogP contribution in [0.25, 0.3) is 11.0 Å². The number of nitrogens with one attached hydrogen (secondary N) is 2. The molecule has 0 bridgehead atoms. The molecule has 5 atom stereocenters. The van der Waals surface area contributed by atoms with E-state index in [1.165, 1.54) is 12.4 Å². The molecule has 1 amide bonds. The number of nitrogens with zero attached hydrogens (tertiary/aromatic N) is 2. The van der Waals surface area contributed by atoms with Crippen LogP contribution in [-0.2, 0) is 27.5 Å². The minimum Gasteiger partial charge on any atom is -0.486 e. The van der Waals surface area contributed by atoms with Crippen molar-refractivity contribution in [3.63, 3.8) is 0 Å². The van der Waals surface area contributed by atoms with Crippen molar-refractivity contribution in [3.05, 3.63) is 88.2 Å². The van der Waals surface area contributed by atoms with E-state index in [1.807, 2.05) is 30.3 Å². The van der Waals surface area contributed by atoms with E-state index in [0.29, 0.717) is 22.5 Å². The lowest BCUT2D eigenvalue weighted by Crippen LogP contribution is -2.61. The van der Waals surface area contributed by atoms with Crippen LogP contribution >= 0.6 is 0 Å². The summed E-state index contributed by atoms with van der Waals surface area (Å²) in [6, 6.07) is 16.2. The number of nitro groups is 1. The molecule has 5 unspecified atom stereocenters. The number of rotatable bonds is 10. The van der Waals surface area contributed by atoms with Crippen molar-refractivity contribution in [2.45, 2.75) is 43.9 Å². The average Bonchev–Trinajstić information content (AvgIpc) is 3.48. The number of carbonyl (C=O) groups is 2. The summed E-state index contributed by atoms with van der Waals surface area (Å²) >= 11 is 0. The highest BCUT2D eigenvalue weighted by Gasteiger charge is 2.48. The van der Waals surface area contributed by atoms with E-state index in [4.69, 9.17) is 18.9 Å². The van der Waals surface area contributed by atoms with Crippen LogP contribution in [0, 0.1) is 10.1 Å². The van der Waals surface area contributed by atoms with Gasteiger partial charge >= 0.3 is 17.7 Å². The van der Waals surface area contributed by atoms with Crippen LogP contribution in [0.1, 0.15) is 11.1 Å². The Balaban J connectivity index is 1.24. The van der Waals surface area contributed by atoms with Crippen molar-refractivity contribution in [1.82, 2.24) is 9.97 Å². The van der Waals surface area contributed by atoms with E-state index < -0.39 is 59.1 Å². The number of hydrogen-bond acceptors (Lipinski definition) is 12. The topological polar surface area (TPSA) is 236 Å². The van der Waals surface area contributed by atoms with Crippen LogP contribution in [-0.4, -0.2) is 78.1 Å². The molecule has 1 aliphatic heterocycles. The molecule has 0 spiro atoms. The van der Waals surface area contributed by atoms with Crippen molar-refractivity contribution < 1.29 is 53.9 Å². The SMILES string of the molecule is O=C(Nc1cc(OCc2ccccc2)c2nc[nH]c2c1)OCc1ccc(OC2OC(C(=O)O)C(O)C(O)C2O)c([N+](=O)[O-])c1. The van der Waals surface area contributed by atoms with E-state index in [9.17, 15) is 40.1 Å². The first kappa shape index (κ1) is 30.2. The van der Waals surface area contributed by atoms with Gasteiger partial charge in [0.15, 0.2) is 11.9 Å². The molecule has 4 aromatic rings. The van der Waals surface area contributed by atoms with Gasteiger partial charge in [-0.2, -0.15) is 0 Å². The predicted octanol–water partition coefficient (Wildman–Crippen LogP) is 2.07. The number of anilines is 1. The van der Waals surface area contributed by atoms with Crippen LogP contribution in [0.15, 0.2) is 67.0 Å². The Morgan fingerprint density at radius 3 is 2.48 bits per heavy atom. The lowest BCUT2D eigenvalue weighted by atomic mass is 9.99. The Kier molecular flexibility index (Phi) is 8.86. The van der Waals surface area contributed by atoms with E-state index in [0.717, 1.165) is 17.7 Å². The molecule has 230 valence electrons. The van der Waals surface area contributed by atoms with Gasteiger partial charge in [-0.1, -0.05) is 36.4 Å². The van der Waals surface area contributed by atoms with Crippen molar-refractivity contribution in [1.29, 1.82) is 0 Å². The van der Waals surface area contributed by atoms with Gasteiger partial charge in [0, 0.05) is 17.8 Å². The second kappa shape index (κ2) is 12.9. The van der Waals surface area contributed by atoms with Gasteiger partial charge < -0.3 is 44.4 Å². The first-order chi connectivity index (χ1) is 21.1. The number of H-pyrrole nitrogens is 1. The summed E-state index contributed by atoms with van der Waals surface area (Å²) < 4.78 is 21.5. The number of aliphatic hydroxyl groups excluding tert-OH is 3. The fourth-order valence-corrected chi connectivity index (χ4v) is 4.41. The number of carboxylic acids is 1. The zero-order chi connectivity index (χ0) is 31.4. The minimum atomic E-state index is -1.96. The van der Waals surface area contributed by atoms with Crippen LogP contribution in [0.2, 0.25) is 0 Å². The Hall–Kier alpha value is -5.29. The Morgan fingerprint density at radius 1 is 0.977 bits per heavy atom. The summed E-state index contributed by atoms with van der Waals surface area (Å²) in [5, 5.41) is 53.4. The first-order valence-corrected chi connectivity index (χ1v) is 13.0. The number of aromatic nitrogens is 2. The number of aliphatic hydroxyl groups is 3. The Bertz CT molecular complexity index is 1660. The molecule has 1 aliphatic rings. The zero-order valence-corrected chi connectivity index (χ0v) is 22.6. The van der Waals surface area contributed by atoms with Gasteiger partial charge in [-0.05, 0) is 23.3 Å². The van der Waals surface area contributed by atoms with Crippen LogP contribution in [0.5, 0.6) is 11.5 Å². The smallest absolute Gasteiger partial charge is 0.411 e. The molecule has 1 aromatic heterocycles. The molecular weight excluding hydrogens is 584 g/mol. The number of carbonyl (C=O) groups excluding carboxylic acids is 1. The number of benzene rings is 3. The molecule has 0 aliphatic carbocycles. The maximum absolute atomic E-state index is 12.6. The molecule has 0 saturated carbocycles. The largest absolute Gasteiger partial charge is 0.486 e. The average molecular weight is 611 g/mol. The standard InChI is InChI=1S/C28H26N4O12/c33-22-23(34)25(26(36)37)44-27(24(22)35)43-19-7-6-15(8-18(19)32(39)40)12-42-28(38)31-16-9-17-21(30-13-29-17)20(10-16)41-11-14-4-2-1-3-5-14/h1-10,13,22-25,27,33-35H,11-12H2,(H,29,30)(H,31,38)(H,36,37). The molecule has 1 fully saturated rings. The van der Waals surface area contributed by atoms with E-state index in [2.05, 4.69) is 15.3 Å². The van der Waals surface area contributed by atoms with Crippen molar-refractivity contribution in [2.75, 3.05) is 5.32 Å². The van der Waals surface area contributed by atoms with Crippen LogP contribution in [0.4, 0.5) is 16.2 Å². The normalized spacial score (nSPS) is 21.4. The number of fused-ring (bicyclic) bond motifs is 1. The molecule has 3 aromatic carbocycles. The van der Waals surface area contributed by atoms with E-state index in [1.54, 1.807) is 12.1 Å². The maximum Gasteiger partial charge on any atom is 0.411 e. The van der Waals surface area contributed by atoms with Gasteiger partial charge in [0.05, 0.1) is 16.8 Å². The quantitative estimate of drug-likeness (QED) is 0.112. The van der Waals surface area contributed by atoms with E-state index >= 15 is 0 Å². The molecular formula is C28H26N4O12. The van der Waals surface area contributed by atoms with Gasteiger partial charge in [-0.15, -0.1) is 0 Å². The molecule has 44 heavy (non-hydrogen) atoms. The third kappa shape index (κ3) is 6.68. The van der Waals surface area contributed by atoms with Crippen molar-refractivity contribution >= 4 is 34.5 Å². The Labute approximate surface area is 247 Å². The minimum absolute atomic E-state index is 0.194. The summed E-state index contributed by atoms with van der Waals surface area (Å²) in [5.74, 6) is -1.66. The second-order valence-corrected chi connectivity index (χ2v) is 9.66.